The van der Waals surface area contributed by atoms with Crippen molar-refractivity contribution in [3.63, 3.8) is 0 Å². The van der Waals surface area contributed by atoms with E-state index in [4.69, 9.17) is 9.84 Å². The summed E-state index contributed by atoms with van der Waals surface area (Å²) in [4.78, 5) is 0. The molecule has 1 rings (SSSR count). The van der Waals surface area contributed by atoms with Crippen molar-refractivity contribution in [2.45, 2.75) is 25.1 Å². The van der Waals surface area contributed by atoms with E-state index in [-0.39, 0.29) is 24.6 Å². The summed E-state index contributed by atoms with van der Waals surface area (Å²) in [6.07, 6.45) is -0.595. The van der Waals surface area contributed by atoms with Crippen LogP contribution in [0, 0.1) is 5.92 Å². The van der Waals surface area contributed by atoms with Crippen molar-refractivity contribution in [2.24, 2.45) is 5.92 Å². The van der Waals surface area contributed by atoms with Gasteiger partial charge in [-0.1, -0.05) is 6.92 Å². The summed E-state index contributed by atoms with van der Waals surface area (Å²) in [6, 6.07) is -0.132. The highest BCUT2D eigenvalue weighted by atomic mass is 16.5. The van der Waals surface area contributed by atoms with Gasteiger partial charge in [0.25, 0.3) is 0 Å². The van der Waals surface area contributed by atoms with E-state index in [0.29, 0.717) is 0 Å². The van der Waals surface area contributed by atoms with Crippen LogP contribution in [0.25, 0.3) is 0 Å². The average molecular weight is 144 g/mol. The second-order valence-corrected chi connectivity index (χ2v) is 2.91. The van der Waals surface area contributed by atoms with Gasteiger partial charge in [-0.25, -0.2) is 0 Å². The number of hydrogen-bond acceptors (Lipinski definition) is 3. The third-order valence-electron chi connectivity index (χ3n) is 2.18. The zero-order chi connectivity index (χ0) is 7.72. The molecular formula is C6H13BO3. The molecule has 1 heterocycles. The van der Waals surface area contributed by atoms with Gasteiger partial charge in [-0.2, -0.15) is 0 Å². The topological polar surface area (TPSA) is 49.7 Å². The van der Waals surface area contributed by atoms with Crippen LogP contribution >= 0.6 is 0 Å². The highest BCUT2D eigenvalue weighted by Crippen LogP contribution is 2.24. The molecule has 2 N–H and O–H groups in total. The zero-order valence-electron chi connectivity index (χ0n) is 6.32. The molecule has 1 aliphatic heterocycles. The smallest absolute Gasteiger partial charge is 0.142 e. The fourth-order valence-corrected chi connectivity index (χ4v) is 1.34. The molecule has 1 saturated heterocycles. The molecule has 10 heavy (non-hydrogen) atoms. The average Bonchev–Trinajstić information content (AvgIpc) is 2.17. The first-order valence-electron chi connectivity index (χ1n) is 3.61. The third-order valence-corrected chi connectivity index (χ3v) is 2.18. The van der Waals surface area contributed by atoms with Crippen LogP contribution in [0.5, 0.6) is 0 Å². The Labute approximate surface area is 61.4 Å². The van der Waals surface area contributed by atoms with Crippen molar-refractivity contribution in [1.82, 2.24) is 0 Å². The molecule has 58 valence electrons. The number of aliphatic hydroxyl groups is 2. The van der Waals surface area contributed by atoms with Gasteiger partial charge in [0.05, 0.1) is 24.8 Å². The lowest BCUT2D eigenvalue weighted by atomic mass is 9.89. The van der Waals surface area contributed by atoms with E-state index < -0.39 is 6.10 Å². The lowest BCUT2D eigenvalue weighted by molar-refractivity contribution is 0.0253. The maximum atomic E-state index is 9.33. The molecule has 0 radical (unpaired) electrons. The SMILES string of the molecule is B[C@@H]1O[C@H](CO)[C@H](C)C1O. The highest BCUT2D eigenvalue weighted by molar-refractivity contribution is 6.11. The normalized spacial score (nSPS) is 47.9. The highest BCUT2D eigenvalue weighted by Gasteiger charge is 2.37. The van der Waals surface area contributed by atoms with Gasteiger partial charge in [-0.15, -0.1) is 0 Å². The Bertz CT molecular complexity index is 120. The molecule has 0 spiro atoms. The lowest BCUT2D eigenvalue weighted by Gasteiger charge is -2.11. The van der Waals surface area contributed by atoms with Gasteiger partial charge in [0.1, 0.15) is 7.85 Å². The van der Waals surface area contributed by atoms with E-state index in [1.54, 1.807) is 0 Å². The van der Waals surface area contributed by atoms with Gasteiger partial charge in [0, 0.05) is 5.92 Å². The lowest BCUT2D eigenvalue weighted by Crippen LogP contribution is -2.26. The quantitative estimate of drug-likeness (QED) is 0.433. The molecule has 0 amide bonds. The largest absolute Gasteiger partial charge is 0.394 e. The summed E-state index contributed by atoms with van der Waals surface area (Å²) >= 11 is 0. The van der Waals surface area contributed by atoms with Crippen LogP contribution in [0.3, 0.4) is 0 Å². The summed E-state index contributed by atoms with van der Waals surface area (Å²) in [6.45, 7) is 1.89. The maximum absolute atomic E-state index is 9.33. The molecule has 4 atom stereocenters. The minimum atomic E-state index is -0.419. The summed E-state index contributed by atoms with van der Waals surface area (Å²) in [5.41, 5.74) is 0. The zero-order valence-corrected chi connectivity index (χ0v) is 6.32. The first kappa shape index (κ1) is 8.05. The van der Waals surface area contributed by atoms with Crippen molar-refractivity contribution in [3.05, 3.63) is 0 Å². The van der Waals surface area contributed by atoms with Crippen molar-refractivity contribution < 1.29 is 14.9 Å². The third kappa shape index (κ3) is 1.19. The van der Waals surface area contributed by atoms with Crippen LogP contribution in [-0.4, -0.2) is 42.9 Å². The molecule has 1 aliphatic rings. The second kappa shape index (κ2) is 2.90. The van der Waals surface area contributed by atoms with Gasteiger partial charge in [-0.05, 0) is 0 Å². The summed E-state index contributed by atoms with van der Waals surface area (Å²) in [5, 5.41) is 18.1. The van der Waals surface area contributed by atoms with Gasteiger partial charge in [-0.3, -0.25) is 0 Å². The molecule has 0 aromatic rings. The van der Waals surface area contributed by atoms with Crippen LogP contribution in [0.15, 0.2) is 0 Å². The summed E-state index contributed by atoms with van der Waals surface area (Å²) in [7, 11) is 1.82. The predicted octanol–water partition coefficient (Wildman–Crippen LogP) is -1.67. The standard InChI is InChI=1S/C6H13BO3/c1-3-4(2-8)10-6(7)5(3)9/h3-6,8-9H,2,7H2,1H3/t3-,4+,5?,6+/m0/s1. The van der Waals surface area contributed by atoms with E-state index in [2.05, 4.69) is 0 Å². The second-order valence-electron chi connectivity index (χ2n) is 2.91. The first-order valence-corrected chi connectivity index (χ1v) is 3.61. The fraction of sp³-hybridized carbons (Fsp3) is 1.00. The monoisotopic (exact) mass is 144 g/mol. The first-order chi connectivity index (χ1) is 4.66. The predicted molar refractivity (Wildman–Crippen MR) is 39.5 cm³/mol. The van der Waals surface area contributed by atoms with Crippen molar-refractivity contribution in [1.29, 1.82) is 0 Å². The molecule has 1 unspecified atom stereocenters. The van der Waals surface area contributed by atoms with Gasteiger partial charge >= 0.3 is 0 Å². The Morgan fingerprint density at radius 1 is 1.60 bits per heavy atom. The van der Waals surface area contributed by atoms with E-state index in [1.807, 2.05) is 14.8 Å². The number of ether oxygens (including phenoxy) is 1. The van der Waals surface area contributed by atoms with Gasteiger partial charge < -0.3 is 14.9 Å². The van der Waals surface area contributed by atoms with E-state index in [9.17, 15) is 5.11 Å². The Balaban J connectivity index is 2.53. The number of rotatable bonds is 1. The van der Waals surface area contributed by atoms with Crippen LogP contribution in [0.1, 0.15) is 6.92 Å². The van der Waals surface area contributed by atoms with E-state index in [1.165, 1.54) is 0 Å². The molecule has 1 fully saturated rings. The molecule has 0 aliphatic carbocycles. The molecule has 0 aromatic carbocycles. The Hall–Kier alpha value is -0.0551. The molecule has 0 saturated carbocycles. The molecule has 4 heteroatoms. The fourth-order valence-electron chi connectivity index (χ4n) is 1.34. The van der Waals surface area contributed by atoms with Crippen LogP contribution in [0.2, 0.25) is 0 Å². The Morgan fingerprint density at radius 2 is 2.20 bits per heavy atom. The van der Waals surface area contributed by atoms with Crippen molar-refractivity contribution in [2.75, 3.05) is 6.61 Å². The Kier molecular flexibility index (Phi) is 2.34. The van der Waals surface area contributed by atoms with Crippen LogP contribution < -0.4 is 0 Å². The minimum Gasteiger partial charge on any atom is -0.394 e. The van der Waals surface area contributed by atoms with Crippen molar-refractivity contribution in [3.8, 4) is 0 Å². The van der Waals surface area contributed by atoms with Crippen molar-refractivity contribution >= 4 is 7.85 Å². The van der Waals surface area contributed by atoms with Crippen LogP contribution in [-0.2, 0) is 4.74 Å². The number of hydrogen-bond donors (Lipinski definition) is 2. The molecule has 3 nitrogen and oxygen atoms in total. The van der Waals surface area contributed by atoms with E-state index in [0.717, 1.165) is 0 Å². The molecule has 0 bridgehead atoms. The van der Waals surface area contributed by atoms with Gasteiger partial charge in [0.15, 0.2) is 0 Å². The van der Waals surface area contributed by atoms with Gasteiger partial charge in [0.2, 0.25) is 0 Å². The minimum absolute atomic E-state index is 0.00255. The molecular weight excluding hydrogens is 131 g/mol. The Morgan fingerprint density at radius 3 is 2.40 bits per heavy atom. The van der Waals surface area contributed by atoms with Crippen LogP contribution in [0.4, 0.5) is 0 Å². The summed E-state index contributed by atoms with van der Waals surface area (Å²) < 4.78 is 5.23. The number of aliphatic hydroxyl groups excluding tert-OH is 2. The molecule has 0 aromatic heterocycles. The van der Waals surface area contributed by atoms with E-state index >= 15 is 0 Å². The summed E-state index contributed by atoms with van der Waals surface area (Å²) in [5.74, 6) is 0.0556. The maximum Gasteiger partial charge on any atom is 0.142 e.